The van der Waals surface area contributed by atoms with Crippen molar-refractivity contribution in [1.29, 1.82) is 0 Å². The lowest BCUT2D eigenvalue weighted by Gasteiger charge is -2.23. The number of aliphatic hydroxyl groups is 1. The van der Waals surface area contributed by atoms with Crippen molar-refractivity contribution in [1.82, 2.24) is 9.55 Å². The van der Waals surface area contributed by atoms with Crippen molar-refractivity contribution in [3.63, 3.8) is 0 Å². The first kappa shape index (κ1) is 21.0. The van der Waals surface area contributed by atoms with Gasteiger partial charge in [0.2, 0.25) is 0 Å². The normalized spacial score (nSPS) is 29.7. The SMILES string of the molecule is Nc1nc(=O)n(C2CC(OP(O)(=S)S(=O)[O-])C(CO)O2)cc1C1CCCC1. The van der Waals surface area contributed by atoms with Gasteiger partial charge in [0.25, 0.3) is 5.69 Å². The molecule has 0 bridgehead atoms. The molecule has 2 aliphatic rings. The molecular weight excluding hydrogens is 417 g/mol. The van der Waals surface area contributed by atoms with E-state index in [0.29, 0.717) is 0 Å². The minimum Gasteiger partial charge on any atom is -0.765 e. The quantitative estimate of drug-likeness (QED) is 0.415. The van der Waals surface area contributed by atoms with E-state index in [4.69, 9.17) is 15.0 Å². The lowest BCUT2D eigenvalue weighted by atomic mass is 10.00. The molecule has 152 valence electrons. The van der Waals surface area contributed by atoms with Gasteiger partial charge in [0.15, 0.2) is 0 Å². The molecule has 5 unspecified atom stereocenters. The highest BCUT2D eigenvalue weighted by Crippen LogP contribution is 2.50. The van der Waals surface area contributed by atoms with Crippen LogP contribution < -0.4 is 11.4 Å². The van der Waals surface area contributed by atoms with E-state index in [2.05, 4.69) is 16.8 Å². The van der Waals surface area contributed by atoms with Gasteiger partial charge in [-0.05, 0) is 30.6 Å². The summed E-state index contributed by atoms with van der Waals surface area (Å²) in [6.45, 7) is -0.491. The molecule has 13 heteroatoms. The second-order valence-electron chi connectivity index (χ2n) is 6.63. The highest BCUT2D eigenvalue weighted by molar-refractivity contribution is 8.58. The van der Waals surface area contributed by atoms with E-state index >= 15 is 0 Å². The van der Waals surface area contributed by atoms with E-state index in [1.54, 1.807) is 6.20 Å². The minimum absolute atomic E-state index is 0.0248. The van der Waals surface area contributed by atoms with E-state index in [9.17, 15) is 23.6 Å². The summed E-state index contributed by atoms with van der Waals surface area (Å²) >= 11 is 4.59. The maximum Gasteiger partial charge on any atom is 0.351 e. The van der Waals surface area contributed by atoms with Crippen LogP contribution in [0.15, 0.2) is 11.0 Å². The summed E-state index contributed by atoms with van der Waals surface area (Å²) in [5, 5.41) is 9.49. The second-order valence-corrected chi connectivity index (χ2v) is 12.8. The average molecular weight is 438 g/mol. The zero-order valence-corrected chi connectivity index (χ0v) is 16.8. The number of nitrogens with zero attached hydrogens (tertiary/aromatic N) is 2. The first-order valence-corrected chi connectivity index (χ1v) is 12.8. The van der Waals surface area contributed by atoms with Gasteiger partial charge >= 0.3 is 5.69 Å². The monoisotopic (exact) mass is 438 g/mol. The van der Waals surface area contributed by atoms with Crippen molar-refractivity contribution in [2.45, 2.75) is 56.5 Å². The fourth-order valence-corrected chi connectivity index (χ4v) is 5.11. The Labute approximate surface area is 162 Å². The predicted octanol–water partition coefficient (Wildman–Crippen LogP) is 0.244. The van der Waals surface area contributed by atoms with Crippen LogP contribution in [0.4, 0.5) is 5.82 Å². The van der Waals surface area contributed by atoms with Crippen LogP contribution in [0.25, 0.3) is 0 Å². The third-order valence-corrected chi connectivity index (χ3v) is 8.59. The summed E-state index contributed by atoms with van der Waals surface area (Å²) in [4.78, 5) is 26.0. The minimum atomic E-state index is -4.09. The van der Waals surface area contributed by atoms with Crippen LogP contribution in [0.5, 0.6) is 0 Å². The number of nitrogen functional groups attached to an aromatic ring is 1. The summed E-state index contributed by atoms with van der Waals surface area (Å²) in [5.74, 6) is 0.415. The average Bonchev–Trinajstić information content (AvgIpc) is 3.24. The Morgan fingerprint density at radius 2 is 2.19 bits per heavy atom. The fourth-order valence-electron chi connectivity index (χ4n) is 3.61. The molecular formula is C14H21N3O7PS2-. The molecule has 0 spiro atoms. The summed E-state index contributed by atoms with van der Waals surface area (Å²) < 4.78 is 34.1. The number of hydrogen-bond donors (Lipinski definition) is 3. The van der Waals surface area contributed by atoms with Crippen LogP contribution in [0, 0.1) is 0 Å². The van der Waals surface area contributed by atoms with Gasteiger partial charge in [-0.2, -0.15) is 4.98 Å². The predicted molar refractivity (Wildman–Crippen MR) is 100 cm³/mol. The Morgan fingerprint density at radius 3 is 2.78 bits per heavy atom. The standard InChI is InChI=1S/C14H22N3O7PS2/c15-13-9(8-3-1-2-4-8)6-17(14(19)16-13)12-5-10(11(7-18)23-12)24-25(20,26)27(21)22/h6,8,10-12,18H,1-5,7H2,(H,20,26)(H,21,22)(H2,15,16,19)/p-1. The number of aliphatic hydroxyl groups excluding tert-OH is 1. The van der Waals surface area contributed by atoms with Crippen LogP contribution in [0.2, 0.25) is 0 Å². The summed E-state index contributed by atoms with van der Waals surface area (Å²) in [6.07, 6.45) is 2.97. The van der Waals surface area contributed by atoms with Crippen molar-refractivity contribution in [2.24, 2.45) is 0 Å². The third-order valence-electron chi connectivity index (χ3n) is 4.93. The van der Waals surface area contributed by atoms with Crippen LogP contribution >= 0.6 is 5.69 Å². The molecule has 1 aromatic heterocycles. The molecule has 1 aliphatic carbocycles. The Hall–Kier alpha value is -0.720. The van der Waals surface area contributed by atoms with Gasteiger partial charge in [0, 0.05) is 28.9 Å². The van der Waals surface area contributed by atoms with Gasteiger partial charge in [-0.1, -0.05) is 12.8 Å². The Balaban J connectivity index is 1.86. The van der Waals surface area contributed by atoms with E-state index in [1.165, 1.54) is 4.57 Å². The fraction of sp³-hybridized carbons (Fsp3) is 0.714. The van der Waals surface area contributed by atoms with Gasteiger partial charge in [-0.25, -0.2) is 4.79 Å². The van der Waals surface area contributed by atoms with E-state index in [0.717, 1.165) is 31.2 Å². The molecule has 5 atom stereocenters. The molecule has 1 aliphatic heterocycles. The molecule has 0 radical (unpaired) electrons. The van der Waals surface area contributed by atoms with Crippen molar-refractivity contribution in [3.8, 4) is 0 Å². The number of aromatic nitrogens is 2. The molecule has 1 saturated carbocycles. The van der Waals surface area contributed by atoms with E-state index in [1.807, 2.05) is 0 Å². The van der Waals surface area contributed by atoms with Crippen LogP contribution in [-0.4, -0.2) is 47.1 Å². The molecule has 3 rings (SSSR count). The number of nitrogens with two attached hydrogens (primary N) is 1. The summed E-state index contributed by atoms with van der Waals surface area (Å²) in [5.41, 5.74) is 1.99. The molecule has 4 N–H and O–H groups in total. The molecule has 0 amide bonds. The Morgan fingerprint density at radius 1 is 1.52 bits per heavy atom. The lowest BCUT2D eigenvalue weighted by molar-refractivity contribution is -0.0417. The van der Waals surface area contributed by atoms with Crippen molar-refractivity contribution in [2.75, 3.05) is 12.3 Å². The molecule has 1 aromatic rings. The molecule has 2 fully saturated rings. The highest BCUT2D eigenvalue weighted by atomic mass is 32.9. The van der Waals surface area contributed by atoms with E-state index in [-0.39, 0.29) is 18.2 Å². The number of rotatable bonds is 6. The maximum atomic E-state index is 12.3. The molecule has 2 heterocycles. The topological polar surface area (TPSA) is 160 Å². The highest BCUT2D eigenvalue weighted by Gasteiger charge is 2.40. The molecule has 1 saturated heterocycles. The van der Waals surface area contributed by atoms with Crippen molar-refractivity contribution < 1.29 is 28.0 Å². The van der Waals surface area contributed by atoms with Gasteiger partial charge in [0.05, 0.1) is 12.7 Å². The zero-order valence-electron chi connectivity index (χ0n) is 14.3. The van der Waals surface area contributed by atoms with Gasteiger partial charge in [-0.3, -0.25) is 8.78 Å². The van der Waals surface area contributed by atoms with Crippen molar-refractivity contribution >= 4 is 34.0 Å². The smallest absolute Gasteiger partial charge is 0.351 e. The lowest BCUT2D eigenvalue weighted by Crippen LogP contribution is -2.29. The summed E-state index contributed by atoms with van der Waals surface area (Å²) in [6, 6.07) is 0. The van der Waals surface area contributed by atoms with Crippen molar-refractivity contribution in [3.05, 3.63) is 22.2 Å². The van der Waals surface area contributed by atoms with E-state index < -0.39 is 47.1 Å². The first-order valence-electron chi connectivity index (χ1n) is 8.49. The van der Waals surface area contributed by atoms with Gasteiger partial charge < -0.3 is 29.5 Å². The third kappa shape index (κ3) is 4.48. The molecule has 0 aromatic carbocycles. The largest absolute Gasteiger partial charge is 0.765 e. The Bertz CT molecular complexity index is 829. The Kier molecular flexibility index (Phi) is 6.48. The number of hydrogen-bond acceptors (Lipinski definition) is 9. The number of anilines is 1. The van der Waals surface area contributed by atoms with Gasteiger partial charge in [0.1, 0.15) is 18.1 Å². The molecule has 10 nitrogen and oxygen atoms in total. The zero-order chi connectivity index (χ0) is 19.8. The van der Waals surface area contributed by atoms with Crippen LogP contribution in [-0.2, 0) is 31.8 Å². The maximum absolute atomic E-state index is 12.3. The number of ether oxygens (including phenoxy) is 1. The molecule has 27 heavy (non-hydrogen) atoms. The summed E-state index contributed by atoms with van der Waals surface area (Å²) in [7, 11) is -2.98. The second kappa shape index (κ2) is 8.34. The first-order chi connectivity index (χ1) is 12.7. The van der Waals surface area contributed by atoms with Crippen LogP contribution in [0.3, 0.4) is 0 Å². The van der Waals surface area contributed by atoms with Gasteiger partial charge in [-0.15, -0.1) is 0 Å². The van der Waals surface area contributed by atoms with Crippen LogP contribution in [0.1, 0.15) is 49.8 Å².